The number of imidazole rings is 1. The van der Waals surface area contributed by atoms with Crippen LogP contribution < -0.4 is 86.7 Å². The molecule has 25 N–H and O–H groups in total. The molecule has 112 heavy (non-hydrogen) atoms. The Bertz CT molecular complexity index is 4170. The number of amides is 13. The number of carboxylic acids is 1. The first-order valence-electron chi connectivity index (χ1n) is 36.0. The van der Waals surface area contributed by atoms with Gasteiger partial charge in [0.15, 0.2) is 5.96 Å². The standard InChI is InChI=1S/C71H103N21O18S2/c1-9-35(5)58(70(109)110-8)92-67(106)52(31-112)90-69(108)57(33(2)3)91-65(104)48(23-39-27-79-44-17-16-34(4)21-42(39)44)86-61(100)46(18-19-53(72)94)85-64(103)50(25-55(96)97)88-63(102)47(22-38-26-78-43-14-11-10-13-41(38)43)83-54(95)29-80-59(98)36(6)82-62(101)49(24-40-28-76-32-81-40)87-60(99)45(15-12-20-77-71(74)75)84-66(105)51(30-111)89-68(107)56(73)37(7)93/h10-11,13-14,16-17,21,26-28,32-33,35-37,45-52,56-58,78-79,93,111-112H,9,12,15,18-20,22-25,29-31,73H2,1-8H3,(H2,72,94)(H,76,81)(H,80,98)(H,82,101)(H,83,95)(H,84,105)(H,85,103)(H,86,100)(H,87,99)(H,88,102)(H,89,107)(H,90,108)(H,91,104)(H,92,106)(H,96,97)(H4,74,75,77)/t35?,36-,37+,45-,46-,47-,48-,49-,50-,51-,52-,56-,57-,58-/m0/s1. The molecule has 3 aromatic heterocycles. The minimum absolute atomic E-state index is 0.000270. The first-order chi connectivity index (χ1) is 53.0. The summed E-state index contributed by atoms with van der Waals surface area (Å²) in [6.45, 7) is 10.2. The van der Waals surface area contributed by atoms with Gasteiger partial charge in [0, 0.05) is 84.1 Å². The Morgan fingerprint density at radius 2 is 1.07 bits per heavy atom. The molecule has 0 aliphatic rings. The third-order valence-electron chi connectivity index (χ3n) is 18.1. The van der Waals surface area contributed by atoms with Gasteiger partial charge in [-0.2, -0.15) is 25.3 Å². The fraction of sp³-hybridized carbons (Fsp3) is 0.507. The monoisotopic (exact) mass is 1600 g/mol. The Morgan fingerprint density at radius 1 is 0.571 bits per heavy atom. The number of fused-ring (bicyclic) bond motifs is 2. The Labute approximate surface area is 655 Å². The number of aromatic amines is 3. The van der Waals surface area contributed by atoms with Crippen molar-refractivity contribution in [3.8, 4) is 0 Å². The van der Waals surface area contributed by atoms with Gasteiger partial charge in [0.25, 0.3) is 0 Å². The van der Waals surface area contributed by atoms with Crippen molar-refractivity contribution in [2.45, 2.75) is 185 Å². The first kappa shape index (κ1) is 91.3. The van der Waals surface area contributed by atoms with Gasteiger partial charge in [0.1, 0.15) is 72.5 Å². The van der Waals surface area contributed by atoms with Gasteiger partial charge in [-0.15, -0.1) is 0 Å². The molecule has 39 nitrogen and oxygen atoms in total. The average molecular weight is 1600 g/mol. The summed E-state index contributed by atoms with van der Waals surface area (Å²) in [5, 5.41) is 51.3. The molecular formula is C71H103N21O18S2. The highest BCUT2D eigenvalue weighted by atomic mass is 32.1. The summed E-state index contributed by atoms with van der Waals surface area (Å²) in [5.74, 6) is -17.1. The van der Waals surface area contributed by atoms with Gasteiger partial charge < -0.3 is 117 Å². The van der Waals surface area contributed by atoms with E-state index >= 15 is 0 Å². The molecule has 0 aliphatic heterocycles. The van der Waals surface area contributed by atoms with Gasteiger partial charge in [0.05, 0.1) is 38.2 Å². The van der Waals surface area contributed by atoms with Crippen LogP contribution in [0.1, 0.15) is 102 Å². The smallest absolute Gasteiger partial charge is 0.328 e. The fourth-order valence-electron chi connectivity index (χ4n) is 11.4. The van der Waals surface area contributed by atoms with E-state index in [-0.39, 0.29) is 67.7 Å². The number of carbonyl (C=O) groups excluding carboxylic acids is 14. The average Bonchev–Trinajstić information content (AvgIpc) is 1.15. The third-order valence-corrected chi connectivity index (χ3v) is 18.8. The number of aryl methyl sites for hydroxylation is 1. The summed E-state index contributed by atoms with van der Waals surface area (Å²) < 4.78 is 4.90. The maximum Gasteiger partial charge on any atom is 0.328 e. The van der Waals surface area contributed by atoms with Crippen molar-refractivity contribution in [2.75, 3.05) is 31.7 Å². The highest BCUT2D eigenvalue weighted by molar-refractivity contribution is 7.80. The van der Waals surface area contributed by atoms with Crippen LogP contribution in [0, 0.1) is 18.8 Å². The van der Waals surface area contributed by atoms with Gasteiger partial charge >= 0.3 is 11.9 Å². The molecule has 0 fully saturated rings. The number of aliphatic hydroxyl groups is 1. The summed E-state index contributed by atoms with van der Waals surface area (Å²) in [7, 11) is 1.16. The fourth-order valence-corrected chi connectivity index (χ4v) is 11.9. The predicted molar refractivity (Wildman–Crippen MR) is 415 cm³/mol. The van der Waals surface area contributed by atoms with Crippen molar-refractivity contribution in [1.29, 1.82) is 0 Å². The van der Waals surface area contributed by atoms with Crippen LogP contribution in [0.25, 0.3) is 21.8 Å². The number of nitrogens with one attached hydrogen (secondary N) is 15. The van der Waals surface area contributed by atoms with Gasteiger partial charge in [-0.25, -0.2) is 9.78 Å². The lowest BCUT2D eigenvalue weighted by Gasteiger charge is -2.29. The van der Waals surface area contributed by atoms with E-state index in [2.05, 4.69) is 114 Å². The van der Waals surface area contributed by atoms with E-state index in [1.165, 1.54) is 32.6 Å². The number of H-pyrrole nitrogens is 3. The number of thiol groups is 2. The number of ether oxygens (including phenoxy) is 1. The summed E-state index contributed by atoms with van der Waals surface area (Å²) in [6, 6.07) is -5.91. The highest BCUT2D eigenvalue weighted by Gasteiger charge is 2.39. The number of aliphatic imine (C=N–C) groups is 1. The Morgan fingerprint density at radius 3 is 1.63 bits per heavy atom. The maximum absolute atomic E-state index is 14.8. The summed E-state index contributed by atoms with van der Waals surface area (Å²) in [5.41, 5.74) is 25.5. The number of aliphatic carboxylic acids is 1. The molecular weight excluding hydrogens is 1500 g/mol. The molecule has 2 aromatic carbocycles. The van der Waals surface area contributed by atoms with Crippen molar-refractivity contribution >= 4 is 142 Å². The molecule has 5 rings (SSSR count). The number of rotatable bonds is 46. The first-order valence-corrected chi connectivity index (χ1v) is 37.2. The number of methoxy groups -OCH3 is 1. The van der Waals surface area contributed by atoms with Crippen LogP contribution in [0.5, 0.6) is 0 Å². The quantitative estimate of drug-likeness (QED) is 0.00573. The zero-order valence-corrected chi connectivity index (χ0v) is 65.0. The zero-order chi connectivity index (χ0) is 83.2. The lowest BCUT2D eigenvalue weighted by atomic mass is 9.98. The van der Waals surface area contributed by atoms with Crippen LogP contribution in [0.15, 0.2) is 72.4 Å². The number of aliphatic hydroxyl groups excluding tert-OH is 1. The zero-order valence-electron chi connectivity index (χ0n) is 63.2. The number of nitrogens with zero attached hydrogens (tertiary/aromatic N) is 2. The van der Waals surface area contributed by atoms with E-state index in [1.54, 1.807) is 64.2 Å². The lowest BCUT2D eigenvalue weighted by Crippen LogP contribution is -2.61. The topological polar surface area (TPSA) is 627 Å². The second kappa shape index (κ2) is 44.5. The molecule has 0 spiro atoms. The minimum Gasteiger partial charge on any atom is -0.481 e. The van der Waals surface area contributed by atoms with Crippen LogP contribution >= 0.6 is 25.3 Å². The van der Waals surface area contributed by atoms with Gasteiger partial charge in [-0.3, -0.25) is 72.1 Å². The second-order valence-corrected chi connectivity index (χ2v) is 27.9. The van der Waals surface area contributed by atoms with Crippen LogP contribution in [0.3, 0.4) is 0 Å². The predicted octanol–water partition coefficient (Wildman–Crippen LogP) is -4.59. The van der Waals surface area contributed by atoms with E-state index in [0.29, 0.717) is 39.4 Å². The van der Waals surface area contributed by atoms with E-state index in [4.69, 9.17) is 27.7 Å². The number of aromatic nitrogens is 4. The van der Waals surface area contributed by atoms with Gasteiger partial charge in [0.2, 0.25) is 76.8 Å². The number of guanidine groups is 1. The number of hydrogen-bond donors (Lipinski definition) is 23. The number of benzene rings is 2. The van der Waals surface area contributed by atoms with Crippen molar-refractivity contribution < 1.29 is 86.9 Å². The molecule has 3 heterocycles. The van der Waals surface area contributed by atoms with E-state index in [0.717, 1.165) is 12.7 Å². The van der Waals surface area contributed by atoms with Crippen molar-refractivity contribution in [1.82, 2.24) is 83.7 Å². The molecule has 0 saturated heterocycles. The summed E-state index contributed by atoms with van der Waals surface area (Å²) in [4.78, 5) is 224. The normalized spacial score (nSPS) is 15.0. The molecule has 0 bridgehead atoms. The van der Waals surface area contributed by atoms with Crippen molar-refractivity contribution in [2.24, 2.45) is 39.8 Å². The number of carboxylic acid groups (broad SMARTS) is 1. The summed E-state index contributed by atoms with van der Waals surface area (Å²) >= 11 is 8.44. The van der Waals surface area contributed by atoms with Gasteiger partial charge in [-0.05, 0) is 81.2 Å². The number of hydrogen-bond acceptors (Lipinski definition) is 22. The Kier molecular flexibility index (Phi) is 36.3. The van der Waals surface area contributed by atoms with E-state index in [1.807, 2.05) is 19.1 Å². The number of nitrogens with two attached hydrogens (primary N) is 4. The molecule has 13 amide bonds. The molecule has 0 aliphatic carbocycles. The molecule has 41 heteroatoms. The minimum atomic E-state index is -2.06. The van der Waals surface area contributed by atoms with Crippen molar-refractivity contribution in [3.63, 3.8) is 0 Å². The molecule has 5 aromatic rings. The largest absolute Gasteiger partial charge is 0.481 e. The Balaban J connectivity index is 1.38. The number of esters is 1. The highest BCUT2D eigenvalue weighted by Crippen LogP contribution is 2.23. The second-order valence-electron chi connectivity index (χ2n) is 27.2. The van der Waals surface area contributed by atoms with Crippen LogP contribution in [-0.4, -0.2) is 235 Å². The number of primary amides is 1. The van der Waals surface area contributed by atoms with Crippen LogP contribution in [0.4, 0.5) is 0 Å². The lowest BCUT2D eigenvalue weighted by molar-refractivity contribution is -0.147. The molecule has 0 radical (unpaired) electrons. The summed E-state index contributed by atoms with van der Waals surface area (Å²) in [6.07, 6.45) is 1.79. The molecule has 612 valence electrons. The third kappa shape index (κ3) is 28.2. The van der Waals surface area contributed by atoms with Gasteiger partial charge in [-0.1, -0.05) is 63.9 Å². The van der Waals surface area contributed by atoms with E-state index < -0.39 is 199 Å². The molecule has 14 atom stereocenters. The van der Waals surface area contributed by atoms with E-state index in [9.17, 15) is 82.1 Å². The maximum atomic E-state index is 14.8. The SMILES string of the molecule is CCC(C)[C@H](NC(=O)[C@H](CS)NC(=O)[C@@H](NC(=O)[C@H](Cc1c[nH]c2ccc(C)cc12)NC(=O)[C@H](CCC(N)=O)NC(=O)[C@H](CC(=O)O)NC(=O)[C@H](Cc1c[nH]c2ccccc12)NC(=O)CNC(=O)[C@H](C)NC(=O)[C@H](Cc1c[nH]cn1)NC(=O)[C@H](CCCN=C(N)N)NC(=O)[C@H](CS)NC(=O)[C@@H](N)[C@@H](C)O)C(C)C)C(=O)OC. The van der Waals surface area contributed by atoms with Crippen LogP contribution in [-0.2, 0) is 95.9 Å². The number of carbonyl (C=O) groups is 15. The number of para-hydroxylation sites is 1. The molecule has 1 unspecified atom stereocenters. The van der Waals surface area contributed by atoms with Crippen molar-refractivity contribution in [3.05, 3.63) is 89.8 Å². The Hall–Kier alpha value is -11.3. The van der Waals surface area contributed by atoms with Crippen LogP contribution in [0.2, 0.25) is 0 Å². The molecule has 0 saturated carbocycles.